The lowest BCUT2D eigenvalue weighted by molar-refractivity contribution is -0.146. The molecule has 1 unspecified atom stereocenters. The summed E-state index contributed by atoms with van der Waals surface area (Å²) in [7, 11) is 0. The van der Waals surface area contributed by atoms with Gasteiger partial charge in [-0.05, 0) is 11.0 Å². The monoisotopic (exact) mass is 486 g/mol. The fraction of sp³-hybridized carbons (Fsp3) is 0.600. The highest BCUT2D eigenvalue weighted by molar-refractivity contribution is 6.10. The van der Waals surface area contributed by atoms with Gasteiger partial charge in [0.15, 0.2) is 5.54 Å². The Hall–Kier alpha value is -2.98. The summed E-state index contributed by atoms with van der Waals surface area (Å²) < 4.78 is 10.7. The topological polar surface area (TPSA) is 99.7 Å². The Morgan fingerprint density at radius 1 is 0.829 bits per heavy atom. The Labute approximate surface area is 205 Å². The van der Waals surface area contributed by atoms with E-state index in [9.17, 15) is 19.2 Å². The van der Waals surface area contributed by atoms with Gasteiger partial charge in [0, 0.05) is 26.2 Å². The summed E-state index contributed by atoms with van der Waals surface area (Å²) in [5.41, 5.74) is -1.61. The minimum atomic E-state index is -1.45. The zero-order valence-corrected chi connectivity index (χ0v) is 20.7. The number of urea groups is 1. The molecule has 3 fully saturated rings. The molecule has 3 aliphatic rings. The van der Waals surface area contributed by atoms with Crippen LogP contribution < -0.4 is 0 Å². The van der Waals surface area contributed by atoms with Crippen LogP contribution in [0.2, 0.25) is 0 Å². The largest absolute Gasteiger partial charge is 0.378 e. The average molecular weight is 487 g/mol. The van der Waals surface area contributed by atoms with E-state index in [1.54, 1.807) is 21.9 Å². The summed E-state index contributed by atoms with van der Waals surface area (Å²) in [6, 6.07) is 8.43. The maximum absolute atomic E-state index is 14.2. The highest BCUT2D eigenvalue weighted by Gasteiger charge is 2.64. The standard InChI is InChI=1S/C25H34N4O6/c1-24(2,3)25(19-7-5-4-6-8-19)22(32)28(17-20(30)26-9-13-34-14-10-26)23(33)29(25)18-21(31)27-11-15-35-16-12-27/h4-8H,9-18H2,1-3H3. The van der Waals surface area contributed by atoms with E-state index in [0.717, 1.165) is 4.90 Å². The van der Waals surface area contributed by atoms with Crippen LogP contribution in [0.25, 0.3) is 0 Å². The van der Waals surface area contributed by atoms with Crippen molar-refractivity contribution in [3.63, 3.8) is 0 Å². The number of morpholine rings is 2. The van der Waals surface area contributed by atoms with Crippen molar-refractivity contribution in [2.45, 2.75) is 26.3 Å². The number of hydrogen-bond acceptors (Lipinski definition) is 6. The first-order valence-electron chi connectivity index (χ1n) is 12.1. The summed E-state index contributed by atoms with van der Waals surface area (Å²) >= 11 is 0. The normalized spacial score (nSPS) is 23.7. The second kappa shape index (κ2) is 9.94. The molecule has 0 saturated carbocycles. The SMILES string of the molecule is CC(C)(C)C1(c2ccccc2)C(=O)N(CC(=O)N2CCOCC2)C(=O)N1CC(=O)N1CCOCC1. The molecule has 1 atom stereocenters. The molecule has 0 radical (unpaired) electrons. The first-order chi connectivity index (χ1) is 16.7. The number of nitrogens with zero attached hydrogens (tertiary/aromatic N) is 4. The van der Waals surface area contributed by atoms with Crippen LogP contribution in [0.1, 0.15) is 26.3 Å². The third kappa shape index (κ3) is 4.52. The molecule has 35 heavy (non-hydrogen) atoms. The third-order valence-corrected chi connectivity index (χ3v) is 7.01. The van der Waals surface area contributed by atoms with Crippen LogP contribution in [-0.4, -0.2) is 109 Å². The van der Waals surface area contributed by atoms with Gasteiger partial charge in [0.25, 0.3) is 5.91 Å². The van der Waals surface area contributed by atoms with Crippen LogP contribution in [0.15, 0.2) is 30.3 Å². The Balaban J connectivity index is 1.72. The molecular formula is C25H34N4O6. The average Bonchev–Trinajstić information content (AvgIpc) is 3.07. The Morgan fingerprint density at radius 2 is 1.31 bits per heavy atom. The predicted octanol–water partition coefficient (Wildman–Crippen LogP) is 0.910. The van der Waals surface area contributed by atoms with Gasteiger partial charge in [0.2, 0.25) is 11.8 Å². The Kier molecular flexibility index (Phi) is 7.14. The smallest absolute Gasteiger partial charge is 0.328 e. The lowest BCUT2D eigenvalue weighted by atomic mass is 9.68. The van der Waals surface area contributed by atoms with Crippen LogP contribution in [0.4, 0.5) is 4.79 Å². The molecular weight excluding hydrogens is 452 g/mol. The van der Waals surface area contributed by atoms with Crippen LogP contribution in [0.3, 0.4) is 0 Å². The first-order valence-corrected chi connectivity index (χ1v) is 12.1. The molecule has 0 spiro atoms. The fourth-order valence-corrected chi connectivity index (χ4v) is 5.23. The van der Waals surface area contributed by atoms with Crippen molar-refractivity contribution < 1.29 is 28.7 Å². The summed E-state index contributed by atoms with van der Waals surface area (Å²) in [6.45, 7) is 8.40. The molecule has 0 aromatic heterocycles. The van der Waals surface area contributed by atoms with Crippen molar-refractivity contribution in [1.82, 2.24) is 19.6 Å². The molecule has 190 valence electrons. The van der Waals surface area contributed by atoms with E-state index in [0.29, 0.717) is 58.2 Å². The van der Waals surface area contributed by atoms with Crippen molar-refractivity contribution in [3.05, 3.63) is 35.9 Å². The van der Waals surface area contributed by atoms with Crippen molar-refractivity contribution in [1.29, 1.82) is 0 Å². The molecule has 0 bridgehead atoms. The molecule has 0 aliphatic carbocycles. The minimum Gasteiger partial charge on any atom is -0.378 e. The van der Waals surface area contributed by atoms with E-state index >= 15 is 0 Å². The van der Waals surface area contributed by atoms with Crippen molar-refractivity contribution in [2.75, 3.05) is 65.7 Å². The fourth-order valence-electron chi connectivity index (χ4n) is 5.23. The number of carbonyl (C=O) groups excluding carboxylic acids is 4. The van der Waals surface area contributed by atoms with Gasteiger partial charge in [0.05, 0.1) is 26.4 Å². The van der Waals surface area contributed by atoms with Crippen LogP contribution in [-0.2, 0) is 29.4 Å². The van der Waals surface area contributed by atoms with E-state index in [1.807, 2.05) is 39.0 Å². The number of benzene rings is 1. The molecule has 3 heterocycles. The van der Waals surface area contributed by atoms with Gasteiger partial charge in [-0.15, -0.1) is 0 Å². The van der Waals surface area contributed by atoms with Crippen molar-refractivity contribution in [3.8, 4) is 0 Å². The lowest BCUT2D eigenvalue weighted by Crippen LogP contribution is -2.58. The number of imide groups is 1. The highest BCUT2D eigenvalue weighted by Crippen LogP contribution is 2.49. The molecule has 3 saturated heterocycles. The number of hydrogen-bond donors (Lipinski definition) is 0. The second-order valence-corrected chi connectivity index (χ2v) is 10.1. The Bertz CT molecular complexity index is 966. The maximum atomic E-state index is 14.2. The van der Waals surface area contributed by atoms with Crippen molar-refractivity contribution >= 4 is 23.8 Å². The zero-order chi connectivity index (χ0) is 25.2. The summed E-state index contributed by atoms with van der Waals surface area (Å²) in [5, 5.41) is 0. The molecule has 1 aromatic carbocycles. The number of amides is 5. The van der Waals surface area contributed by atoms with E-state index in [2.05, 4.69) is 0 Å². The van der Waals surface area contributed by atoms with Gasteiger partial charge < -0.3 is 19.3 Å². The minimum absolute atomic E-state index is 0.250. The molecule has 10 nitrogen and oxygen atoms in total. The van der Waals surface area contributed by atoms with E-state index in [1.165, 1.54) is 4.90 Å². The third-order valence-electron chi connectivity index (χ3n) is 7.01. The van der Waals surface area contributed by atoms with Gasteiger partial charge in [-0.1, -0.05) is 51.1 Å². The summed E-state index contributed by atoms with van der Waals surface area (Å²) in [4.78, 5) is 60.0. The number of ether oxygens (including phenoxy) is 2. The van der Waals surface area contributed by atoms with Gasteiger partial charge in [-0.25, -0.2) is 4.79 Å². The van der Waals surface area contributed by atoms with Gasteiger partial charge >= 0.3 is 6.03 Å². The Morgan fingerprint density at radius 3 is 1.80 bits per heavy atom. The van der Waals surface area contributed by atoms with Crippen LogP contribution >= 0.6 is 0 Å². The van der Waals surface area contributed by atoms with Gasteiger partial charge in [-0.2, -0.15) is 0 Å². The molecule has 10 heteroatoms. The summed E-state index contributed by atoms with van der Waals surface area (Å²) in [6.07, 6.45) is 0. The van der Waals surface area contributed by atoms with Gasteiger partial charge in [-0.3, -0.25) is 24.2 Å². The second-order valence-electron chi connectivity index (χ2n) is 10.1. The molecule has 1 aromatic rings. The number of rotatable bonds is 5. The highest BCUT2D eigenvalue weighted by atomic mass is 16.5. The number of carbonyl (C=O) groups is 4. The van der Waals surface area contributed by atoms with E-state index < -0.39 is 22.9 Å². The van der Waals surface area contributed by atoms with Gasteiger partial charge in [0.1, 0.15) is 13.1 Å². The molecule has 3 aliphatic heterocycles. The van der Waals surface area contributed by atoms with Crippen LogP contribution in [0, 0.1) is 5.41 Å². The molecule has 5 amide bonds. The first kappa shape index (κ1) is 25.1. The van der Waals surface area contributed by atoms with Crippen molar-refractivity contribution in [2.24, 2.45) is 5.41 Å². The molecule has 4 rings (SSSR count). The maximum Gasteiger partial charge on any atom is 0.328 e. The summed E-state index contributed by atoms with van der Waals surface area (Å²) in [5.74, 6) is -1.05. The zero-order valence-electron chi connectivity index (χ0n) is 20.7. The van der Waals surface area contributed by atoms with E-state index in [-0.39, 0.29) is 24.9 Å². The lowest BCUT2D eigenvalue weighted by Gasteiger charge is -2.45. The van der Waals surface area contributed by atoms with E-state index in [4.69, 9.17) is 9.47 Å². The predicted molar refractivity (Wildman–Crippen MR) is 126 cm³/mol. The quantitative estimate of drug-likeness (QED) is 0.574. The van der Waals surface area contributed by atoms with Crippen LogP contribution in [0.5, 0.6) is 0 Å². The molecule has 0 N–H and O–H groups in total.